The van der Waals surface area contributed by atoms with Gasteiger partial charge in [-0.05, 0) is 12.8 Å². The van der Waals surface area contributed by atoms with Crippen molar-refractivity contribution in [2.45, 2.75) is 33.1 Å². The fourth-order valence-electron chi connectivity index (χ4n) is 0.979. The van der Waals surface area contributed by atoms with Crippen LogP contribution in [0.25, 0.3) is 0 Å². The quantitative estimate of drug-likeness (QED) is 0.479. The fraction of sp³-hybridized carbons (Fsp3) is 0.700. The fourth-order valence-corrected chi connectivity index (χ4v) is 0.979. The maximum absolute atomic E-state index is 11.3. The van der Waals surface area contributed by atoms with Crippen molar-refractivity contribution in [1.82, 2.24) is 5.32 Å². The van der Waals surface area contributed by atoms with Gasteiger partial charge in [0.25, 0.3) is 0 Å². The second kappa shape index (κ2) is 6.89. The van der Waals surface area contributed by atoms with Gasteiger partial charge in [0, 0.05) is 6.54 Å². The van der Waals surface area contributed by atoms with Gasteiger partial charge in [-0.3, -0.25) is 4.79 Å². The smallest absolute Gasteiger partial charge is 0.226 e. The Morgan fingerprint density at radius 3 is 2.67 bits per heavy atom. The summed E-state index contributed by atoms with van der Waals surface area (Å²) in [5.41, 5.74) is 0. The zero-order valence-corrected chi connectivity index (χ0v) is 8.10. The minimum absolute atomic E-state index is 0.0122. The number of hydrogen-bond donors (Lipinski definition) is 1. The van der Waals surface area contributed by atoms with E-state index >= 15 is 0 Å². The van der Waals surface area contributed by atoms with Gasteiger partial charge in [0.05, 0.1) is 5.92 Å². The molecule has 12 heavy (non-hydrogen) atoms. The molecule has 0 spiro atoms. The summed E-state index contributed by atoms with van der Waals surface area (Å²) in [7, 11) is 0. The molecule has 2 nitrogen and oxygen atoms in total. The molecule has 0 aliphatic heterocycles. The molecule has 0 aromatic carbocycles. The molecule has 0 rings (SSSR count). The maximum atomic E-state index is 11.3. The van der Waals surface area contributed by atoms with Crippen molar-refractivity contribution in [3.8, 4) is 0 Å². The average Bonchev–Trinajstić information content (AvgIpc) is 2.07. The van der Waals surface area contributed by atoms with Gasteiger partial charge in [-0.25, -0.2) is 0 Å². The Bertz CT molecular complexity index is 143. The minimum Gasteiger partial charge on any atom is -0.356 e. The van der Waals surface area contributed by atoms with E-state index in [1.54, 1.807) is 6.08 Å². The number of carbonyl (C=O) groups excluding carboxylic acids is 1. The van der Waals surface area contributed by atoms with E-state index in [2.05, 4.69) is 18.8 Å². The SMILES string of the molecule is C=CC(CC)C(=O)NCCCC. The predicted molar refractivity (Wildman–Crippen MR) is 51.9 cm³/mol. The first kappa shape index (κ1) is 11.2. The van der Waals surface area contributed by atoms with E-state index < -0.39 is 0 Å². The van der Waals surface area contributed by atoms with E-state index in [4.69, 9.17) is 0 Å². The Morgan fingerprint density at radius 1 is 1.58 bits per heavy atom. The number of amides is 1. The Hall–Kier alpha value is -0.790. The Morgan fingerprint density at radius 2 is 2.25 bits per heavy atom. The molecule has 0 fully saturated rings. The molecule has 0 radical (unpaired) electrons. The summed E-state index contributed by atoms with van der Waals surface area (Å²) < 4.78 is 0. The molecule has 0 saturated carbocycles. The number of unbranched alkanes of at least 4 members (excludes halogenated alkanes) is 1. The molecule has 1 unspecified atom stereocenters. The van der Waals surface area contributed by atoms with Gasteiger partial charge >= 0.3 is 0 Å². The highest BCUT2D eigenvalue weighted by Crippen LogP contribution is 2.02. The van der Waals surface area contributed by atoms with Crippen LogP contribution in [0.4, 0.5) is 0 Å². The molecule has 70 valence electrons. The molecule has 0 bridgehead atoms. The van der Waals surface area contributed by atoms with Crippen LogP contribution in [0.2, 0.25) is 0 Å². The van der Waals surface area contributed by atoms with E-state index in [1.165, 1.54) is 0 Å². The van der Waals surface area contributed by atoms with Gasteiger partial charge in [-0.1, -0.05) is 26.3 Å². The van der Waals surface area contributed by atoms with Crippen LogP contribution in [0.1, 0.15) is 33.1 Å². The van der Waals surface area contributed by atoms with Crippen molar-refractivity contribution in [1.29, 1.82) is 0 Å². The maximum Gasteiger partial charge on any atom is 0.226 e. The molecular weight excluding hydrogens is 150 g/mol. The lowest BCUT2D eigenvalue weighted by Crippen LogP contribution is -2.30. The van der Waals surface area contributed by atoms with Crippen LogP contribution in [-0.2, 0) is 4.79 Å². The van der Waals surface area contributed by atoms with Crippen molar-refractivity contribution in [3.63, 3.8) is 0 Å². The normalized spacial score (nSPS) is 12.2. The standard InChI is InChI=1S/C10H19NO/c1-4-7-8-11-10(12)9(5-2)6-3/h5,9H,2,4,6-8H2,1,3H3,(H,11,12). The van der Waals surface area contributed by atoms with Crippen molar-refractivity contribution in [3.05, 3.63) is 12.7 Å². The number of rotatable bonds is 6. The molecule has 0 aliphatic rings. The first-order valence-electron chi connectivity index (χ1n) is 4.66. The van der Waals surface area contributed by atoms with Crippen molar-refractivity contribution in [2.75, 3.05) is 6.54 Å². The minimum atomic E-state index is -0.0122. The third-order valence-corrected chi connectivity index (χ3v) is 1.89. The van der Waals surface area contributed by atoms with Crippen LogP contribution < -0.4 is 5.32 Å². The molecule has 1 atom stereocenters. The molecule has 2 heteroatoms. The van der Waals surface area contributed by atoms with Gasteiger partial charge in [0.1, 0.15) is 0 Å². The van der Waals surface area contributed by atoms with Crippen molar-refractivity contribution in [2.24, 2.45) is 5.92 Å². The lowest BCUT2D eigenvalue weighted by molar-refractivity contribution is -0.123. The van der Waals surface area contributed by atoms with Crippen LogP contribution >= 0.6 is 0 Å². The summed E-state index contributed by atoms with van der Waals surface area (Å²) in [6.07, 6.45) is 4.72. The van der Waals surface area contributed by atoms with Crippen LogP contribution in [0.5, 0.6) is 0 Å². The largest absolute Gasteiger partial charge is 0.356 e. The zero-order valence-electron chi connectivity index (χ0n) is 8.10. The Kier molecular flexibility index (Phi) is 6.44. The first-order valence-corrected chi connectivity index (χ1v) is 4.66. The van der Waals surface area contributed by atoms with Gasteiger partial charge in [-0.2, -0.15) is 0 Å². The molecule has 0 aliphatic carbocycles. The van der Waals surface area contributed by atoms with E-state index in [1.807, 2.05) is 6.92 Å². The third-order valence-electron chi connectivity index (χ3n) is 1.89. The highest BCUT2D eigenvalue weighted by Gasteiger charge is 2.10. The van der Waals surface area contributed by atoms with Crippen molar-refractivity contribution >= 4 is 5.91 Å². The molecule has 0 aromatic heterocycles. The average molecular weight is 169 g/mol. The number of hydrogen-bond acceptors (Lipinski definition) is 1. The highest BCUT2D eigenvalue weighted by molar-refractivity contribution is 5.80. The molecule has 0 saturated heterocycles. The summed E-state index contributed by atoms with van der Waals surface area (Å²) in [5.74, 6) is 0.0998. The predicted octanol–water partition coefficient (Wildman–Crippen LogP) is 2.11. The lowest BCUT2D eigenvalue weighted by atomic mass is 10.1. The zero-order chi connectivity index (χ0) is 9.40. The topological polar surface area (TPSA) is 29.1 Å². The number of nitrogens with one attached hydrogen (secondary N) is 1. The van der Waals surface area contributed by atoms with E-state index in [0.29, 0.717) is 0 Å². The molecular formula is C10H19NO. The van der Waals surface area contributed by atoms with Gasteiger partial charge in [0.2, 0.25) is 5.91 Å². The molecule has 0 aromatic rings. The third kappa shape index (κ3) is 4.16. The molecule has 1 N–H and O–H groups in total. The lowest BCUT2D eigenvalue weighted by Gasteiger charge is -2.09. The second-order valence-electron chi connectivity index (χ2n) is 2.90. The van der Waals surface area contributed by atoms with Gasteiger partial charge in [0.15, 0.2) is 0 Å². The summed E-state index contributed by atoms with van der Waals surface area (Å²) >= 11 is 0. The van der Waals surface area contributed by atoms with Crippen LogP contribution in [0.15, 0.2) is 12.7 Å². The summed E-state index contributed by atoms with van der Waals surface area (Å²) in [6.45, 7) is 8.51. The summed E-state index contributed by atoms with van der Waals surface area (Å²) in [6, 6.07) is 0. The van der Waals surface area contributed by atoms with E-state index in [0.717, 1.165) is 25.8 Å². The van der Waals surface area contributed by atoms with E-state index in [9.17, 15) is 4.79 Å². The Balaban J connectivity index is 3.62. The van der Waals surface area contributed by atoms with Crippen molar-refractivity contribution < 1.29 is 4.79 Å². The van der Waals surface area contributed by atoms with Gasteiger partial charge in [-0.15, -0.1) is 6.58 Å². The molecule has 1 amide bonds. The molecule has 0 heterocycles. The summed E-state index contributed by atoms with van der Waals surface area (Å²) in [4.78, 5) is 11.3. The van der Waals surface area contributed by atoms with Crippen LogP contribution in [-0.4, -0.2) is 12.5 Å². The summed E-state index contributed by atoms with van der Waals surface area (Å²) in [5, 5.41) is 2.88. The first-order chi connectivity index (χ1) is 5.76. The second-order valence-corrected chi connectivity index (χ2v) is 2.90. The van der Waals surface area contributed by atoms with Crippen LogP contribution in [0.3, 0.4) is 0 Å². The van der Waals surface area contributed by atoms with Crippen LogP contribution in [0, 0.1) is 5.92 Å². The monoisotopic (exact) mass is 169 g/mol. The van der Waals surface area contributed by atoms with Gasteiger partial charge < -0.3 is 5.32 Å². The number of carbonyl (C=O) groups is 1. The van der Waals surface area contributed by atoms with E-state index in [-0.39, 0.29) is 11.8 Å². The highest BCUT2D eigenvalue weighted by atomic mass is 16.1. The Labute approximate surface area is 75.0 Å².